The van der Waals surface area contributed by atoms with E-state index >= 15 is 0 Å². The van der Waals surface area contributed by atoms with Crippen LogP contribution in [0.2, 0.25) is 0 Å². The molecule has 1 unspecified atom stereocenters. The van der Waals surface area contributed by atoms with Gasteiger partial charge in [0.1, 0.15) is 11.8 Å². The lowest BCUT2D eigenvalue weighted by Crippen LogP contribution is -2.57. The molecule has 1 saturated heterocycles. The summed E-state index contributed by atoms with van der Waals surface area (Å²) < 4.78 is 5.42. The molecular formula is C21H24N2O3. The highest BCUT2D eigenvalue weighted by molar-refractivity contribution is 6.04. The average molecular weight is 352 g/mol. The van der Waals surface area contributed by atoms with Crippen molar-refractivity contribution >= 4 is 17.5 Å². The van der Waals surface area contributed by atoms with Crippen molar-refractivity contribution in [2.75, 3.05) is 25.1 Å². The molecule has 1 fully saturated rings. The maximum atomic E-state index is 13.0. The van der Waals surface area contributed by atoms with Crippen LogP contribution in [0.25, 0.3) is 0 Å². The maximum Gasteiger partial charge on any atom is 0.254 e. The number of amides is 2. The Morgan fingerprint density at radius 1 is 1.04 bits per heavy atom. The molecule has 136 valence electrons. The zero-order valence-electron chi connectivity index (χ0n) is 15.7. The fourth-order valence-corrected chi connectivity index (χ4v) is 3.26. The summed E-state index contributed by atoms with van der Waals surface area (Å²) >= 11 is 0. The zero-order valence-corrected chi connectivity index (χ0v) is 15.7. The van der Waals surface area contributed by atoms with Crippen molar-refractivity contribution in [1.82, 2.24) is 4.90 Å². The normalized spacial score (nSPS) is 17.4. The van der Waals surface area contributed by atoms with Crippen LogP contribution in [0, 0.1) is 13.8 Å². The largest absolute Gasteiger partial charge is 0.495 e. The van der Waals surface area contributed by atoms with Gasteiger partial charge in [0, 0.05) is 18.7 Å². The summed E-state index contributed by atoms with van der Waals surface area (Å²) in [4.78, 5) is 29.2. The van der Waals surface area contributed by atoms with Gasteiger partial charge < -0.3 is 14.5 Å². The molecule has 1 aliphatic rings. The Hall–Kier alpha value is -2.82. The van der Waals surface area contributed by atoms with Gasteiger partial charge >= 0.3 is 0 Å². The summed E-state index contributed by atoms with van der Waals surface area (Å²) in [5.74, 6) is 0.455. The third kappa shape index (κ3) is 3.29. The number of hydrogen-bond donors (Lipinski definition) is 0. The molecule has 3 rings (SSSR count). The van der Waals surface area contributed by atoms with Crippen LogP contribution in [-0.2, 0) is 4.79 Å². The summed E-state index contributed by atoms with van der Waals surface area (Å²) in [7, 11) is 1.60. The molecule has 0 radical (unpaired) electrons. The van der Waals surface area contributed by atoms with Crippen LogP contribution in [0.4, 0.5) is 5.69 Å². The van der Waals surface area contributed by atoms with Crippen LogP contribution in [0.3, 0.4) is 0 Å². The van der Waals surface area contributed by atoms with Crippen LogP contribution in [-0.4, -0.2) is 43.0 Å². The van der Waals surface area contributed by atoms with Gasteiger partial charge in [0.15, 0.2) is 0 Å². The molecule has 0 aliphatic carbocycles. The second-order valence-electron chi connectivity index (χ2n) is 6.71. The number of benzene rings is 2. The molecule has 0 spiro atoms. The molecule has 1 atom stereocenters. The molecule has 5 heteroatoms. The lowest BCUT2D eigenvalue weighted by atomic mass is 10.1. The van der Waals surface area contributed by atoms with E-state index in [9.17, 15) is 9.59 Å². The van der Waals surface area contributed by atoms with Crippen molar-refractivity contribution < 1.29 is 14.3 Å². The van der Waals surface area contributed by atoms with Gasteiger partial charge in [-0.3, -0.25) is 9.59 Å². The molecule has 1 aliphatic heterocycles. The quantitative estimate of drug-likeness (QED) is 0.852. The molecule has 0 aromatic heterocycles. The molecular weight excluding hydrogens is 328 g/mol. The zero-order chi connectivity index (χ0) is 18.8. The van der Waals surface area contributed by atoms with Crippen molar-refractivity contribution in [3.63, 3.8) is 0 Å². The smallest absolute Gasteiger partial charge is 0.254 e. The third-order valence-corrected chi connectivity index (χ3v) is 4.84. The Bertz CT molecular complexity index is 830. The summed E-state index contributed by atoms with van der Waals surface area (Å²) in [6, 6.07) is 12.7. The molecule has 0 bridgehead atoms. The van der Waals surface area contributed by atoms with Gasteiger partial charge in [-0.05, 0) is 50.6 Å². The van der Waals surface area contributed by atoms with E-state index in [2.05, 4.69) is 0 Å². The molecule has 2 aromatic rings. The number of anilines is 1. The van der Waals surface area contributed by atoms with Crippen molar-refractivity contribution in [2.45, 2.75) is 26.8 Å². The first-order chi connectivity index (χ1) is 12.4. The van der Waals surface area contributed by atoms with Crippen molar-refractivity contribution in [1.29, 1.82) is 0 Å². The predicted octanol–water partition coefficient (Wildman–Crippen LogP) is 3.19. The minimum atomic E-state index is -0.525. The van der Waals surface area contributed by atoms with Crippen LogP contribution in [0.15, 0.2) is 42.5 Å². The Kier molecular flexibility index (Phi) is 4.98. The first kappa shape index (κ1) is 18.0. The van der Waals surface area contributed by atoms with E-state index in [4.69, 9.17) is 4.74 Å². The Morgan fingerprint density at radius 2 is 1.69 bits per heavy atom. The number of methoxy groups -OCH3 is 1. The van der Waals surface area contributed by atoms with E-state index in [0.29, 0.717) is 24.4 Å². The third-order valence-electron chi connectivity index (χ3n) is 4.84. The fourth-order valence-electron chi connectivity index (χ4n) is 3.26. The lowest BCUT2D eigenvalue weighted by molar-refractivity contribution is -0.124. The first-order valence-electron chi connectivity index (χ1n) is 8.76. The number of nitrogens with zero attached hydrogens (tertiary/aromatic N) is 2. The van der Waals surface area contributed by atoms with Crippen LogP contribution >= 0.6 is 0 Å². The van der Waals surface area contributed by atoms with Gasteiger partial charge in [0.05, 0.1) is 12.8 Å². The number of aryl methyl sites for hydroxylation is 2. The molecule has 5 nitrogen and oxygen atoms in total. The number of piperazine rings is 1. The van der Waals surface area contributed by atoms with Gasteiger partial charge in [-0.25, -0.2) is 0 Å². The van der Waals surface area contributed by atoms with E-state index in [0.717, 1.165) is 16.8 Å². The molecule has 0 N–H and O–H groups in total. The number of rotatable bonds is 3. The van der Waals surface area contributed by atoms with Crippen molar-refractivity contribution in [2.24, 2.45) is 0 Å². The second-order valence-corrected chi connectivity index (χ2v) is 6.71. The summed E-state index contributed by atoms with van der Waals surface area (Å²) in [6.07, 6.45) is 0. The molecule has 1 heterocycles. The maximum absolute atomic E-state index is 13.0. The SMILES string of the molecule is COc1ccc(C)cc1N1CCN(C(=O)c2ccc(C)cc2)C(C)C1=O. The molecule has 2 amide bonds. The Morgan fingerprint density at radius 3 is 2.35 bits per heavy atom. The van der Waals surface area contributed by atoms with E-state index in [1.165, 1.54) is 0 Å². The van der Waals surface area contributed by atoms with Gasteiger partial charge in [-0.2, -0.15) is 0 Å². The number of hydrogen-bond acceptors (Lipinski definition) is 3. The van der Waals surface area contributed by atoms with E-state index < -0.39 is 6.04 Å². The Labute approximate surface area is 154 Å². The van der Waals surface area contributed by atoms with Crippen LogP contribution in [0.5, 0.6) is 5.75 Å². The second kappa shape index (κ2) is 7.20. The van der Waals surface area contributed by atoms with Crippen molar-refractivity contribution in [3.05, 3.63) is 59.2 Å². The van der Waals surface area contributed by atoms with Crippen LogP contribution < -0.4 is 9.64 Å². The highest BCUT2D eigenvalue weighted by Crippen LogP contribution is 2.31. The highest BCUT2D eigenvalue weighted by atomic mass is 16.5. The van der Waals surface area contributed by atoms with E-state index in [1.54, 1.807) is 23.8 Å². The first-order valence-corrected chi connectivity index (χ1v) is 8.76. The lowest BCUT2D eigenvalue weighted by Gasteiger charge is -2.39. The minimum absolute atomic E-state index is 0.0967. The predicted molar refractivity (Wildman–Crippen MR) is 102 cm³/mol. The standard InChI is InChI=1S/C21H24N2O3/c1-14-5-8-17(9-6-14)21(25)22-11-12-23(20(24)16(22)3)18-13-15(2)7-10-19(18)26-4/h5-10,13,16H,11-12H2,1-4H3. The molecule has 2 aromatic carbocycles. The topological polar surface area (TPSA) is 49.9 Å². The minimum Gasteiger partial charge on any atom is -0.495 e. The van der Waals surface area contributed by atoms with Gasteiger partial charge in [-0.1, -0.05) is 23.8 Å². The van der Waals surface area contributed by atoms with Gasteiger partial charge in [0.25, 0.3) is 5.91 Å². The Balaban J connectivity index is 1.84. The van der Waals surface area contributed by atoms with Gasteiger partial charge in [-0.15, -0.1) is 0 Å². The molecule has 0 saturated carbocycles. The number of ether oxygens (including phenoxy) is 1. The highest BCUT2D eigenvalue weighted by Gasteiger charge is 2.36. The summed E-state index contributed by atoms with van der Waals surface area (Å²) in [6.45, 7) is 6.67. The fraction of sp³-hybridized carbons (Fsp3) is 0.333. The van der Waals surface area contributed by atoms with E-state index in [1.807, 2.05) is 56.3 Å². The van der Waals surface area contributed by atoms with E-state index in [-0.39, 0.29) is 11.8 Å². The summed E-state index contributed by atoms with van der Waals surface area (Å²) in [5, 5.41) is 0. The number of carbonyl (C=O) groups is 2. The monoisotopic (exact) mass is 352 g/mol. The average Bonchev–Trinajstić information content (AvgIpc) is 2.64. The van der Waals surface area contributed by atoms with Gasteiger partial charge in [0.2, 0.25) is 5.91 Å². The number of carbonyl (C=O) groups excluding carboxylic acids is 2. The van der Waals surface area contributed by atoms with Crippen molar-refractivity contribution in [3.8, 4) is 5.75 Å². The molecule has 26 heavy (non-hydrogen) atoms. The summed E-state index contributed by atoms with van der Waals surface area (Å²) in [5.41, 5.74) is 3.52. The van der Waals surface area contributed by atoms with Crippen LogP contribution in [0.1, 0.15) is 28.4 Å².